The van der Waals surface area contributed by atoms with E-state index in [4.69, 9.17) is 14.5 Å². The van der Waals surface area contributed by atoms with Gasteiger partial charge >= 0.3 is 0 Å². The molecule has 0 aliphatic rings. The minimum absolute atomic E-state index is 0.176. The first-order valence-electron chi connectivity index (χ1n) is 8.16. The first kappa shape index (κ1) is 17.5. The van der Waals surface area contributed by atoms with Crippen molar-refractivity contribution in [3.05, 3.63) is 64.5 Å². The van der Waals surface area contributed by atoms with Gasteiger partial charge in [0.25, 0.3) is 0 Å². The normalized spacial score (nSPS) is 12.0. The third-order valence-corrected chi connectivity index (χ3v) is 5.05. The van der Waals surface area contributed by atoms with Gasteiger partial charge in [0.15, 0.2) is 11.5 Å². The van der Waals surface area contributed by atoms with Gasteiger partial charge in [0.2, 0.25) is 0 Å². The Hall–Kier alpha value is -2.37. The molecule has 1 N–H and O–H groups in total. The molecule has 0 spiro atoms. The average Bonchev–Trinajstić information content (AvgIpc) is 3.17. The van der Waals surface area contributed by atoms with Crippen LogP contribution in [0.3, 0.4) is 0 Å². The van der Waals surface area contributed by atoms with Crippen molar-refractivity contribution in [2.75, 3.05) is 14.2 Å². The summed E-state index contributed by atoms with van der Waals surface area (Å²) in [6.45, 7) is 2.87. The SMILES string of the molecule is COc1ccc(CNC(C)c2nc(-c3ccccc3)cs2)cc1OC. The van der Waals surface area contributed by atoms with Crippen LogP contribution in [-0.4, -0.2) is 19.2 Å². The van der Waals surface area contributed by atoms with Crippen molar-refractivity contribution >= 4 is 11.3 Å². The summed E-state index contributed by atoms with van der Waals surface area (Å²) in [5, 5.41) is 6.71. The van der Waals surface area contributed by atoms with Gasteiger partial charge in [-0.3, -0.25) is 0 Å². The summed E-state index contributed by atoms with van der Waals surface area (Å²) in [6, 6.07) is 16.4. The number of nitrogens with one attached hydrogen (secondary N) is 1. The quantitative estimate of drug-likeness (QED) is 0.669. The Balaban J connectivity index is 1.65. The van der Waals surface area contributed by atoms with E-state index in [0.717, 1.165) is 39.9 Å². The van der Waals surface area contributed by atoms with Crippen LogP contribution in [-0.2, 0) is 6.54 Å². The minimum atomic E-state index is 0.176. The van der Waals surface area contributed by atoms with Crippen LogP contribution in [0.15, 0.2) is 53.9 Å². The highest BCUT2D eigenvalue weighted by Crippen LogP contribution is 2.28. The topological polar surface area (TPSA) is 43.4 Å². The van der Waals surface area contributed by atoms with Crippen LogP contribution >= 0.6 is 11.3 Å². The molecule has 0 saturated heterocycles. The molecule has 130 valence electrons. The van der Waals surface area contributed by atoms with Gasteiger partial charge in [-0.1, -0.05) is 36.4 Å². The smallest absolute Gasteiger partial charge is 0.161 e. The van der Waals surface area contributed by atoms with Gasteiger partial charge in [0, 0.05) is 17.5 Å². The summed E-state index contributed by atoms with van der Waals surface area (Å²) in [4.78, 5) is 4.77. The van der Waals surface area contributed by atoms with E-state index in [2.05, 4.69) is 29.8 Å². The summed E-state index contributed by atoms with van der Waals surface area (Å²) in [6.07, 6.45) is 0. The Bertz CT molecular complexity index is 818. The summed E-state index contributed by atoms with van der Waals surface area (Å²) in [5.74, 6) is 1.49. The largest absolute Gasteiger partial charge is 0.493 e. The number of ether oxygens (including phenoxy) is 2. The van der Waals surface area contributed by atoms with E-state index < -0.39 is 0 Å². The molecule has 0 saturated carbocycles. The molecule has 1 unspecified atom stereocenters. The van der Waals surface area contributed by atoms with Crippen molar-refractivity contribution in [1.29, 1.82) is 0 Å². The number of thiazole rings is 1. The van der Waals surface area contributed by atoms with Crippen LogP contribution in [0.25, 0.3) is 11.3 Å². The molecule has 3 aromatic rings. The molecule has 0 aliphatic heterocycles. The Morgan fingerprint density at radius 3 is 2.52 bits per heavy atom. The lowest BCUT2D eigenvalue weighted by Crippen LogP contribution is -2.18. The maximum absolute atomic E-state index is 5.36. The Labute approximate surface area is 152 Å². The third-order valence-electron chi connectivity index (χ3n) is 4.02. The van der Waals surface area contributed by atoms with Crippen LogP contribution < -0.4 is 14.8 Å². The molecule has 2 aromatic carbocycles. The zero-order chi connectivity index (χ0) is 17.6. The highest BCUT2D eigenvalue weighted by molar-refractivity contribution is 7.10. The number of benzene rings is 2. The molecule has 0 amide bonds. The number of aromatic nitrogens is 1. The first-order chi connectivity index (χ1) is 12.2. The number of hydrogen-bond acceptors (Lipinski definition) is 5. The number of nitrogens with zero attached hydrogens (tertiary/aromatic N) is 1. The van der Waals surface area contributed by atoms with Gasteiger partial charge in [-0.25, -0.2) is 4.98 Å². The van der Waals surface area contributed by atoms with Crippen LogP contribution in [0.2, 0.25) is 0 Å². The molecule has 1 aromatic heterocycles. The van der Waals surface area contributed by atoms with Crippen molar-refractivity contribution in [2.24, 2.45) is 0 Å². The lowest BCUT2D eigenvalue weighted by molar-refractivity contribution is 0.354. The van der Waals surface area contributed by atoms with Crippen molar-refractivity contribution in [2.45, 2.75) is 19.5 Å². The van der Waals surface area contributed by atoms with E-state index in [0.29, 0.717) is 0 Å². The molecular formula is C20H22N2O2S. The number of hydrogen-bond donors (Lipinski definition) is 1. The Kier molecular flexibility index (Phi) is 5.68. The molecule has 3 rings (SSSR count). The van der Waals surface area contributed by atoms with Crippen LogP contribution in [0, 0.1) is 0 Å². The lowest BCUT2D eigenvalue weighted by Gasteiger charge is -2.13. The van der Waals surface area contributed by atoms with Gasteiger partial charge in [-0.05, 0) is 24.6 Å². The zero-order valence-corrected chi connectivity index (χ0v) is 15.5. The van der Waals surface area contributed by atoms with Crippen LogP contribution in [0.1, 0.15) is 23.5 Å². The molecule has 1 heterocycles. The van der Waals surface area contributed by atoms with Gasteiger partial charge in [0.05, 0.1) is 26.0 Å². The zero-order valence-electron chi connectivity index (χ0n) is 14.7. The van der Waals surface area contributed by atoms with Crippen molar-refractivity contribution in [3.8, 4) is 22.8 Å². The molecule has 25 heavy (non-hydrogen) atoms. The van der Waals surface area contributed by atoms with E-state index in [9.17, 15) is 0 Å². The predicted octanol–water partition coefficient (Wildman–Crippen LogP) is 4.68. The predicted molar refractivity (Wildman–Crippen MR) is 102 cm³/mol. The maximum atomic E-state index is 5.36. The van der Waals surface area contributed by atoms with E-state index in [1.807, 2.05) is 36.4 Å². The van der Waals surface area contributed by atoms with Gasteiger partial charge in [-0.2, -0.15) is 0 Å². The van der Waals surface area contributed by atoms with E-state index in [1.54, 1.807) is 25.6 Å². The lowest BCUT2D eigenvalue weighted by atomic mass is 10.2. The second kappa shape index (κ2) is 8.14. The Morgan fingerprint density at radius 1 is 1.04 bits per heavy atom. The van der Waals surface area contributed by atoms with Gasteiger partial charge in [0.1, 0.15) is 5.01 Å². The molecule has 4 nitrogen and oxygen atoms in total. The fourth-order valence-corrected chi connectivity index (χ4v) is 3.44. The van der Waals surface area contributed by atoms with Crippen LogP contribution in [0.4, 0.5) is 0 Å². The molecule has 0 radical (unpaired) electrons. The van der Waals surface area contributed by atoms with Crippen molar-refractivity contribution in [1.82, 2.24) is 10.3 Å². The van der Waals surface area contributed by atoms with Crippen molar-refractivity contribution < 1.29 is 9.47 Å². The first-order valence-corrected chi connectivity index (χ1v) is 9.04. The number of methoxy groups -OCH3 is 2. The third kappa shape index (κ3) is 4.18. The van der Waals surface area contributed by atoms with Crippen molar-refractivity contribution in [3.63, 3.8) is 0 Å². The van der Waals surface area contributed by atoms with E-state index in [1.165, 1.54) is 0 Å². The fraction of sp³-hybridized carbons (Fsp3) is 0.250. The summed E-state index contributed by atoms with van der Waals surface area (Å²) >= 11 is 1.68. The standard InChI is InChI=1S/C20H22N2O2S/c1-14(20-22-17(13-25-20)16-7-5-4-6-8-16)21-12-15-9-10-18(23-2)19(11-15)24-3/h4-11,13-14,21H,12H2,1-3H3. The average molecular weight is 354 g/mol. The monoisotopic (exact) mass is 354 g/mol. The minimum Gasteiger partial charge on any atom is -0.493 e. The summed E-state index contributed by atoms with van der Waals surface area (Å²) in [5.41, 5.74) is 3.32. The van der Waals surface area contributed by atoms with E-state index >= 15 is 0 Å². The molecular weight excluding hydrogens is 332 g/mol. The second-order valence-corrected chi connectivity index (χ2v) is 6.62. The van der Waals surface area contributed by atoms with Crippen LogP contribution in [0.5, 0.6) is 11.5 Å². The molecule has 0 bridgehead atoms. The highest BCUT2D eigenvalue weighted by Gasteiger charge is 2.12. The maximum Gasteiger partial charge on any atom is 0.161 e. The fourth-order valence-electron chi connectivity index (χ4n) is 2.58. The number of rotatable bonds is 7. The van der Waals surface area contributed by atoms with Gasteiger partial charge < -0.3 is 14.8 Å². The molecule has 1 atom stereocenters. The van der Waals surface area contributed by atoms with Gasteiger partial charge in [-0.15, -0.1) is 11.3 Å². The molecule has 0 fully saturated rings. The molecule has 5 heteroatoms. The molecule has 0 aliphatic carbocycles. The highest BCUT2D eigenvalue weighted by atomic mass is 32.1. The second-order valence-electron chi connectivity index (χ2n) is 5.73. The van der Waals surface area contributed by atoms with E-state index in [-0.39, 0.29) is 6.04 Å². The summed E-state index contributed by atoms with van der Waals surface area (Å²) < 4.78 is 10.6. The Morgan fingerprint density at radius 2 is 1.80 bits per heavy atom. The summed E-state index contributed by atoms with van der Waals surface area (Å²) in [7, 11) is 3.29.